The van der Waals surface area contributed by atoms with Crippen LogP contribution in [0.25, 0.3) is 0 Å². The van der Waals surface area contributed by atoms with E-state index in [1.54, 1.807) is 6.08 Å². The largest absolute Gasteiger partial charge is 0.481 e. The number of hydrogen-bond acceptors (Lipinski definition) is 3. The van der Waals surface area contributed by atoms with E-state index >= 15 is 0 Å². The first-order chi connectivity index (χ1) is 7.16. The molecule has 0 radical (unpaired) electrons. The van der Waals surface area contributed by atoms with Crippen LogP contribution in [0, 0.1) is 0 Å². The lowest BCUT2D eigenvalue weighted by Crippen LogP contribution is -2.25. The molecule has 0 atom stereocenters. The summed E-state index contributed by atoms with van der Waals surface area (Å²) in [4.78, 5) is 21.2. The van der Waals surface area contributed by atoms with Gasteiger partial charge < -0.3 is 10.4 Å². The average Bonchev–Trinajstić information content (AvgIpc) is 2.19. The fraction of sp³-hybridized carbons (Fsp3) is 0.600. The summed E-state index contributed by atoms with van der Waals surface area (Å²) in [5, 5.41) is 11.1. The third-order valence-corrected chi connectivity index (χ3v) is 2.59. The zero-order valence-corrected chi connectivity index (χ0v) is 9.52. The lowest BCUT2D eigenvalue weighted by atomic mass is 10.3. The second kappa shape index (κ2) is 9.58. The molecule has 2 N–H and O–H groups in total. The van der Waals surface area contributed by atoms with E-state index in [-0.39, 0.29) is 12.3 Å². The molecule has 4 nitrogen and oxygen atoms in total. The second-order valence-electron chi connectivity index (χ2n) is 2.93. The lowest BCUT2D eigenvalue weighted by Gasteiger charge is -2.03. The summed E-state index contributed by atoms with van der Waals surface area (Å²) in [5.74, 6) is 0.594. The van der Waals surface area contributed by atoms with Crippen LogP contribution in [-0.2, 0) is 9.59 Å². The van der Waals surface area contributed by atoms with Gasteiger partial charge in [0.05, 0.1) is 6.42 Å². The Balaban J connectivity index is 3.19. The van der Waals surface area contributed by atoms with Gasteiger partial charge in [-0.3, -0.25) is 9.59 Å². The molecule has 0 aliphatic heterocycles. The van der Waals surface area contributed by atoms with Gasteiger partial charge in [-0.05, 0) is 6.42 Å². The van der Waals surface area contributed by atoms with Crippen molar-refractivity contribution < 1.29 is 14.7 Å². The summed E-state index contributed by atoms with van der Waals surface area (Å²) in [5.41, 5.74) is 0. The Morgan fingerprint density at radius 3 is 2.67 bits per heavy atom. The molecular formula is C10H17NO3S. The molecule has 0 aromatic heterocycles. The normalized spacial score (nSPS) is 9.60. The van der Waals surface area contributed by atoms with Crippen LogP contribution in [-0.4, -0.2) is 35.0 Å². The lowest BCUT2D eigenvalue weighted by molar-refractivity contribution is -0.136. The molecule has 0 fully saturated rings. The van der Waals surface area contributed by atoms with E-state index in [9.17, 15) is 9.59 Å². The topological polar surface area (TPSA) is 66.4 Å². The maximum absolute atomic E-state index is 11.1. The maximum Gasteiger partial charge on any atom is 0.304 e. The van der Waals surface area contributed by atoms with Crippen molar-refractivity contribution in [2.75, 3.05) is 18.1 Å². The molecule has 0 aromatic carbocycles. The molecule has 0 aromatic rings. The molecule has 0 unspecified atom stereocenters. The van der Waals surface area contributed by atoms with Crippen LogP contribution in [0.3, 0.4) is 0 Å². The summed E-state index contributed by atoms with van der Waals surface area (Å²) < 4.78 is 0. The van der Waals surface area contributed by atoms with E-state index in [1.165, 1.54) is 11.8 Å². The number of carboxylic acids is 1. The predicted molar refractivity (Wildman–Crippen MR) is 62.0 cm³/mol. The third-order valence-electron chi connectivity index (χ3n) is 1.60. The van der Waals surface area contributed by atoms with E-state index in [4.69, 9.17) is 5.11 Å². The van der Waals surface area contributed by atoms with Crippen molar-refractivity contribution in [1.82, 2.24) is 5.32 Å². The minimum absolute atomic E-state index is 0.0220. The zero-order valence-electron chi connectivity index (χ0n) is 8.70. The molecule has 15 heavy (non-hydrogen) atoms. The third kappa shape index (κ3) is 11.0. The van der Waals surface area contributed by atoms with E-state index in [2.05, 4.69) is 11.9 Å². The van der Waals surface area contributed by atoms with Gasteiger partial charge >= 0.3 is 5.97 Å². The second-order valence-corrected chi connectivity index (χ2v) is 4.16. The van der Waals surface area contributed by atoms with Gasteiger partial charge in [-0.1, -0.05) is 6.08 Å². The molecule has 0 bridgehead atoms. The van der Waals surface area contributed by atoms with Crippen LogP contribution in [0.15, 0.2) is 12.7 Å². The van der Waals surface area contributed by atoms with E-state index in [0.717, 1.165) is 5.75 Å². The Morgan fingerprint density at radius 1 is 1.33 bits per heavy atom. The molecule has 0 rings (SSSR count). The minimum atomic E-state index is -0.780. The Bertz CT molecular complexity index is 219. The number of amides is 1. The van der Waals surface area contributed by atoms with Crippen LogP contribution >= 0.6 is 11.8 Å². The van der Waals surface area contributed by atoms with Crippen molar-refractivity contribution >= 4 is 23.6 Å². The van der Waals surface area contributed by atoms with Crippen molar-refractivity contribution in [2.24, 2.45) is 0 Å². The molecular weight excluding hydrogens is 214 g/mol. The SMILES string of the molecule is C=CCCC(=O)NCCSCCC(=O)O. The molecule has 5 heteroatoms. The standard InChI is InChI=1S/C10H17NO3S/c1-2-3-4-9(12)11-6-8-15-7-5-10(13)14/h2H,1,3-8H2,(H,11,12)(H,13,14). The molecule has 1 amide bonds. The molecule has 0 aliphatic rings. The van der Waals surface area contributed by atoms with Crippen molar-refractivity contribution in [3.8, 4) is 0 Å². The van der Waals surface area contributed by atoms with Crippen LogP contribution in [0.1, 0.15) is 19.3 Å². The van der Waals surface area contributed by atoms with Crippen molar-refractivity contribution in [1.29, 1.82) is 0 Å². The van der Waals surface area contributed by atoms with Gasteiger partial charge in [0.2, 0.25) is 5.91 Å². The number of carbonyl (C=O) groups excluding carboxylic acids is 1. The number of thioether (sulfide) groups is 1. The number of rotatable bonds is 9. The minimum Gasteiger partial charge on any atom is -0.481 e. The number of carbonyl (C=O) groups is 2. The Morgan fingerprint density at radius 2 is 2.07 bits per heavy atom. The first-order valence-electron chi connectivity index (χ1n) is 4.84. The summed E-state index contributed by atoms with van der Waals surface area (Å²) in [6, 6.07) is 0. The van der Waals surface area contributed by atoms with Crippen molar-refractivity contribution in [3.63, 3.8) is 0 Å². The number of allylic oxidation sites excluding steroid dienone is 1. The van der Waals surface area contributed by atoms with Gasteiger partial charge in [0.15, 0.2) is 0 Å². The highest BCUT2D eigenvalue weighted by Gasteiger charge is 1.99. The summed E-state index contributed by atoms with van der Waals surface area (Å²) in [6.45, 7) is 4.13. The maximum atomic E-state index is 11.1. The quantitative estimate of drug-likeness (QED) is 0.463. The Hall–Kier alpha value is -0.970. The van der Waals surface area contributed by atoms with E-state index in [0.29, 0.717) is 25.1 Å². The highest BCUT2D eigenvalue weighted by Crippen LogP contribution is 2.00. The van der Waals surface area contributed by atoms with Crippen LogP contribution in [0.5, 0.6) is 0 Å². The van der Waals surface area contributed by atoms with Crippen molar-refractivity contribution in [3.05, 3.63) is 12.7 Å². The van der Waals surface area contributed by atoms with Gasteiger partial charge in [-0.25, -0.2) is 0 Å². The fourth-order valence-corrected chi connectivity index (χ4v) is 1.62. The number of hydrogen-bond donors (Lipinski definition) is 2. The van der Waals surface area contributed by atoms with Gasteiger partial charge in [-0.15, -0.1) is 6.58 Å². The van der Waals surface area contributed by atoms with Crippen molar-refractivity contribution in [2.45, 2.75) is 19.3 Å². The highest BCUT2D eigenvalue weighted by molar-refractivity contribution is 7.99. The average molecular weight is 231 g/mol. The Labute approximate surface area is 94.1 Å². The molecule has 0 saturated heterocycles. The van der Waals surface area contributed by atoms with Gasteiger partial charge in [0, 0.05) is 24.5 Å². The highest BCUT2D eigenvalue weighted by atomic mass is 32.2. The fourth-order valence-electron chi connectivity index (χ4n) is 0.846. The first kappa shape index (κ1) is 14.0. The molecule has 0 saturated carbocycles. The predicted octanol–water partition coefficient (Wildman–Crippen LogP) is 1.28. The van der Waals surface area contributed by atoms with Crippen LogP contribution in [0.4, 0.5) is 0 Å². The molecule has 0 spiro atoms. The van der Waals surface area contributed by atoms with E-state index in [1.807, 2.05) is 0 Å². The summed E-state index contributed by atoms with van der Waals surface area (Å²) in [7, 11) is 0. The van der Waals surface area contributed by atoms with Crippen LogP contribution in [0.2, 0.25) is 0 Å². The van der Waals surface area contributed by atoms with Gasteiger partial charge in [-0.2, -0.15) is 11.8 Å². The number of carboxylic acid groups (broad SMARTS) is 1. The smallest absolute Gasteiger partial charge is 0.304 e. The number of nitrogens with one attached hydrogen (secondary N) is 1. The molecule has 0 heterocycles. The van der Waals surface area contributed by atoms with Crippen LogP contribution < -0.4 is 5.32 Å². The van der Waals surface area contributed by atoms with E-state index < -0.39 is 5.97 Å². The van der Waals surface area contributed by atoms with Gasteiger partial charge in [0.1, 0.15) is 0 Å². The molecule has 86 valence electrons. The zero-order chi connectivity index (χ0) is 11.5. The molecule has 0 aliphatic carbocycles. The Kier molecular flexibility index (Phi) is 8.96. The number of aliphatic carboxylic acids is 1. The summed E-state index contributed by atoms with van der Waals surface area (Å²) in [6.07, 6.45) is 3.05. The van der Waals surface area contributed by atoms with Gasteiger partial charge in [0.25, 0.3) is 0 Å². The monoisotopic (exact) mass is 231 g/mol. The summed E-state index contributed by atoms with van der Waals surface area (Å²) >= 11 is 1.53. The first-order valence-corrected chi connectivity index (χ1v) is 5.99.